The van der Waals surface area contributed by atoms with Gasteiger partial charge in [-0.2, -0.15) is 0 Å². The SMILES string of the molecule is C=O.[K+].[K+].[K+].[K+].[O-][Si]([O-])([O-])[O-]. The van der Waals surface area contributed by atoms with Crippen molar-refractivity contribution in [3.63, 3.8) is 0 Å². The zero-order valence-corrected chi connectivity index (χ0v) is 20.7. The Hall–Kier alpha value is 6.27. The molecular formula is CH2K4O5Si. The minimum absolute atomic E-state index is 0. The van der Waals surface area contributed by atoms with E-state index in [1.54, 1.807) is 0 Å². The Kier molecular flexibility index (Phi) is 82.5. The van der Waals surface area contributed by atoms with Crippen LogP contribution in [-0.4, -0.2) is 15.8 Å². The van der Waals surface area contributed by atoms with Crippen molar-refractivity contribution >= 4 is 15.8 Å². The molecule has 0 fully saturated rings. The second-order valence-corrected chi connectivity index (χ2v) is 1.50. The van der Waals surface area contributed by atoms with Crippen molar-refractivity contribution in [2.75, 3.05) is 0 Å². The standard InChI is InChI=1S/CH2O.4K.O4Si/c1-2;;;;;1-5(2,3)4/h1H2;;;;;/q;4*+1;-4. The second kappa shape index (κ2) is 25.2. The quantitative estimate of drug-likeness (QED) is 0.409. The summed E-state index contributed by atoms with van der Waals surface area (Å²) in [4.78, 5) is 42.3. The molecule has 0 aromatic carbocycles. The molecule has 0 atom stereocenters. The van der Waals surface area contributed by atoms with Crippen molar-refractivity contribution in [2.45, 2.75) is 0 Å². The van der Waals surface area contributed by atoms with Crippen LogP contribution in [0, 0.1) is 0 Å². The van der Waals surface area contributed by atoms with Crippen molar-refractivity contribution < 1.29 is 230 Å². The Morgan fingerprint density at radius 1 is 0.727 bits per heavy atom. The van der Waals surface area contributed by atoms with Gasteiger partial charge in [0.25, 0.3) is 0 Å². The van der Waals surface area contributed by atoms with Crippen molar-refractivity contribution in [3.8, 4) is 0 Å². The minimum atomic E-state index is -5.61. The fraction of sp³-hybridized carbons (Fsp3) is 0. The summed E-state index contributed by atoms with van der Waals surface area (Å²) in [6.45, 7) is 2.00. The van der Waals surface area contributed by atoms with E-state index < -0.39 is 9.05 Å². The van der Waals surface area contributed by atoms with Crippen LogP contribution in [-0.2, 0) is 4.79 Å². The molecule has 5 nitrogen and oxygen atoms in total. The van der Waals surface area contributed by atoms with E-state index in [1.165, 1.54) is 0 Å². The van der Waals surface area contributed by atoms with Crippen molar-refractivity contribution in [2.24, 2.45) is 0 Å². The average Bonchev–Trinajstić information content (AvgIpc) is 1.36. The first-order valence-corrected chi connectivity index (χ1v) is 2.74. The monoisotopic (exact) mass is 278 g/mol. The van der Waals surface area contributed by atoms with Gasteiger partial charge in [0.2, 0.25) is 0 Å². The number of hydrogen-bond acceptors (Lipinski definition) is 5. The molecule has 0 radical (unpaired) electrons. The predicted octanol–water partition coefficient (Wildman–Crippen LogP) is -17.3. The third-order valence-electron chi connectivity index (χ3n) is 0. The van der Waals surface area contributed by atoms with Crippen LogP contribution in [0.2, 0.25) is 0 Å². The van der Waals surface area contributed by atoms with E-state index in [0.717, 1.165) is 0 Å². The van der Waals surface area contributed by atoms with Crippen molar-refractivity contribution in [1.29, 1.82) is 0 Å². The zero-order chi connectivity index (χ0) is 6.50. The number of carbonyl (C=O) groups excluding carboxylic acids is 1. The van der Waals surface area contributed by atoms with Gasteiger partial charge in [-0.1, -0.05) is 0 Å². The maximum atomic E-state index is 8.58. The molecule has 0 saturated heterocycles. The number of carbonyl (C=O) groups is 1. The molecule has 0 saturated carbocycles. The topological polar surface area (TPSA) is 109 Å². The van der Waals surface area contributed by atoms with Gasteiger partial charge >= 0.3 is 206 Å². The van der Waals surface area contributed by atoms with E-state index in [-0.39, 0.29) is 206 Å². The molecule has 0 heterocycles. The first kappa shape index (κ1) is 36.0. The normalized spacial score (nSPS) is 5.82. The summed E-state index contributed by atoms with van der Waals surface area (Å²) >= 11 is 0. The van der Waals surface area contributed by atoms with Crippen LogP contribution < -0.4 is 225 Å². The van der Waals surface area contributed by atoms with Gasteiger partial charge in [0.05, 0.1) is 0 Å². The van der Waals surface area contributed by atoms with E-state index in [1.807, 2.05) is 6.79 Å². The molecule has 44 valence electrons. The van der Waals surface area contributed by atoms with Gasteiger partial charge in [-0.3, -0.25) is 0 Å². The molecule has 0 rings (SSSR count). The molecule has 11 heavy (non-hydrogen) atoms. The van der Waals surface area contributed by atoms with E-state index in [9.17, 15) is 0 Å². The Labute approximate surface area is 237 Å². The third-order valence-corrected chi connectivity index (χ3v) is 0. The zero-order valence-electron chi connectivity index (χ0n) is 7.25. The summed E-state index contributed by atoms with van der Waals surface area (Å²) in [5.74, 6) is 0. The van der Waals surface area contributed by atoms with Gasteiger partial charge < -0.3 is 33.0 Å². The fourth-order valence-corrected chi connectivity index (χ4v) is 0. The van der Waals surface area contributed by atoms with Crippen LogP contribution in [0.3, 0.4) is 0 Å². The van der Waals surface area contributed by atoms with E-state index >= 15 is 0 Å². The predicted molar refractivity (Wildman–Crippen MR) is 12.9 cm³/mol. The first-order valence-electron chi connectivity index (χ1n) is 1.11. The molecule has 0 aromatic heterocycles. The van der Waals surface area contributed by atoms with Crippen LogP contribution in [0.1, 0.15) is 0 Å². The van der Waals surface area contributed by atoms with Crippen LogP contribution in [0.4, 0.5) is 0 Å². The Balaban J connectivity index is -0.00000000972. The molecule has 0 bridgehead atoms. The van der Waals surface area contributed by atoms with E-state index in [0.29, 0.717) is 0 Å². The Morgan fingerprint density at radius 3 is 0.727 bits per heavy atom. The largest absolute Gasteiger partial charge is 1.00 e. The van der Waals surface area contributed by atoms with Crippen LogP contribution in [0.5, 0.6) is 0 Å². The maximum Gasteiger partial charge on any atom is 1.00 e. The van der Waals surface area contributed by atoms with Crippen LogP contribution in [0.25, 0.3) is 0 Å². The first-order chi connectivity index (χ1) is 3.00. The van der Waals surface area contributed by atoms with Crippen LogP contribution in [0.15, 0.2) is 0 Å². The summed E-state index contributed by atoms with van der Waals surface area (Å²) in [6, 6.07) is 0. The molecule has 0 aliphatic heterocycles. The molecular weight excluding hydrogens is 276 g/mol. The average molecular weight is 278 g/mol. The molecule has 0 aliphatic rings. The summed E-state index contributed by atoms with van der Waals surface area (Å²) in [5, 5.41) is 0. The Morgan fingerprint density at radius 2 is 0.727 bits per heavy atom. The number of rotatable bonds is 0. The second-order valence-electron chi connectivity index (χ2n) is 0.500. The van der Waals surface area contributed by atoms with Gasteiger partial charge in [0.15, 0.2) is 0 Å². The molecule has 0 spiro atoms. The summed E-state index contributed by atoms with van der Waals surface area (Å²) in [6.07, 6.45) is 0. The molecule has 0 N–H and O–H groups in total. The molecule has 0 amide bonds. The molecule has 0 aromatic rings. The van der Waals surface area contributed by atoms with Gasteiger partial charge in [-0.25, -0.2) is 0 Å². The van der Waals surface area contributed by atoms with Gasteiger partial charge in [-0.05, 0) is 0 Å². The fourth-order valence-electron chi connectivity index (χ4n) is 0. The van der Waals surface area contributed by atoms with Gasteiger partial charge in [0, 0.05) is 0 Å². The Bertz CT molecular complexity index is 42.2. The van der Waals surface area contributed by atoms with E-state index in [4.69, 9.17) is 24.0 Å². The van der Waals surface area contributed by atoms with E-state index in [2.05, 4.69) is 0 Å². The molecule has 0 unspecified atom stereocenters. The minimum Gasteiger partial charge on any atom is -0.894 e. The third kappa shape index (κ3) is 84.3. The summed E-state index contributed by atoms with van der Waals surface area (Å²) in [7, 11) is -5.61. The van der Waals surface area contributed by atoms with Crippen molar-refractivity contribution in [1.82, 2.24) is 0 Å². The summed E-state index contributed by atoms with van der Waals surface area (Å²) < 4.78 is 0. The molecule has 10 heteroatoms. The summed E-state index contributed by atoms with van der Waals surface area (Å²) in [5.41, 5.74) is 0. The van der Waals surface area contributed by atoms with Crippen LogP contribution >= 0.6 is 0 Å². The maximum absolute atomic E-state index is 8.58. The van der Waals surface area contributed by atoms with Crippen molar-refractivity contribution in [3.05, 3.63) is 0 Å². The van der Waals surface area contributed by atoms with Gasteiger partial charge in [0.1, 0.15) is 6.79 Å². The molecule has 0 aliphatic carbocycles. The number of hydrogen-bond donors (Lipinski definition) is 0. The smallest absolute Gasteiger partial charge is 0.894 e. The van der Waals surface area contributed by atoms with Gasteiger partial charge in [-0.15, -0.1) is 0 Å².